The number of ketones is 1. The molecule has 45 heavy (non-hydrogen) atoms. The van der Waals surface area contributed by atoms with E-state index in [-0.39, 0.29) is 5.56 Å². The van der Waals surface area contributed by atoms with Crippen molar-refractivity contribution in [2.45, 2.75) is 13.0 Å². The summed E-state index contributed by atoms with van der Waals surface area (Å²) in [5.41, 5.74) is 4.15. The van der Waals surface area contributed by atoms with E-state index in [0.29, 0.717) is 39.1 Å². The standard InChI is InChI=1S/C35H32N6O4/c42-32(31-20-28(19-26-7-3-1-4-8-26)23-40(34(31)44)22-27-9-5-2-6-10-27)21-33(43)35(45)39-17-15-38(16-18-39)29-11-13-30(14-12-29)41-25-36-24-37-41/h1-14,20-21,23-25,42H,15-19,22H2. The van der Waals surface area contributed by atoms with Gasteiger partial charge in [-0.15, -0.1) is 0 Å². The summed E-state index contributed by atoms with van der Waals surface area (Å²) in [7, 11) is 0. The van der Waals surface area contributed by atoms with Crippen LogP contribution in [0.25, 0.3) is 11.4 Å². The molecule has 3 aromatic carbocycles. The predicted octanol–water partition coefficient (Wildman–Crippen LogP) is 3.88. The first-order valence-corrected chi connectivity index (χ1v) is 14.7. The van der Waals surface area contributed by atoms with E-state index in [4.69, 9.17) is 0 Å². The lowest BCUT2D eigenvalue weighted by molar-refractivity contribution is -0.142. The highest BCUT2D eigenvalue weighted by molar-refractivity contribution is 6.41. The van der Waals surface area contributed by atoms with Gasteiger partial charge in [0.1, 0.15) is 18.4 Å². The van der Waals surface area contributed by atoms with E-state index >= 15 is 0 Å². The third-order valence-corrected chi connectivity index (χ3v) is 7.81. The highest BCUT2D eigenvalue weighted by atomic mass is 16.3. The summed E-state index contributed by atoms with van der Waals surface area (Å²) >= 11 is 0. The molecule has 10 nitrogen and oxygen atoms in total. The minimum Gasteiger partial charge on any atom is -0.507 e. The number of piperazine rings is 1. The molecular weight excluding hydrogens is 568 g/mol. The minimum atomic E-state index is -0.874. The number of benzene rings is 3. The predicted molar refractivity (Wildman–Crippen MR) is 171 cm³/mol. The molecule has 6 rings (SSSR count). The van der Waals surface area contributed by atoms with Crippen LogP contribution in [0.15, 0.2) is 121 Å². The first-order valence-electron chi connectivity index (χ1n) is 14.7. The van der Waals surface area contributed by atoms with Crippen molar-refractivity contribution in [3.05, 3.63) is 149 Å². The number of aliphatic hydroxyl groups excluding tert-OH is 1. The molecule has 10 heteroatoms. The van der Waals surface area contributed by atoms with Gasteiger partial charge in [0.2, 0.25) is 5.78 Å². The summed E-state index contributed by atoms with van der Waals surface area (Å²) in [6.07, 6.45) is 6.27. The number of aromatic nitrogens is 4. The molecule has 0 spiro atoms. The van der Waals surface area contributed by atoms with Gasteiger partial charge < -0.3 is 19.5 Å². The van der Waals surface area contributed by atoms with Crippen LogP contribution in [0.5, 0.6) is 0 Å². The van der Waals surface area contributed by atoms with Gasteiger partial charge in [0.15, 0.2) is 0 Å². The summed E-state index contributed by atoms with van der Waals surface area (Å²) in [5.74, 6) is -2.12. The van der Waals surface area contributed by atoms with Gasteiger partial charge in [0, 0.05) is 44.1 Å². The summed E-state index contributed by atoms with van der Waals surface area (Å²) < 4.78 is 3.20. The average molecular weight is 601 g/mol. The molecule has 0 aliphatic carbocycles. The van der Waals surface area contributed by atoms with Crippen LogP contribution in [0.3, 0.4) is 0 Å². The Morgan fingerprint density at radius 1 is 0.800 bits per heavy atom. The van der Waals surface area contributed by atoms with E-state index in [9.17, 15) is 19.5 Å². The summed E-state index contributed by atoms with van der Waals surface area (Å²) in [6, 6.07) is 28.8. The molecule has 1 aliphatic rings. The molecule has 2 aromatic heterocycles. The fourth-order valence-electron chi connectivity index (χ4n) is 5.45. The zero-order chi connectivity index (χ0) is 31.2. The number of amides is 1. The van der Waals surface area contributed by atoms with Gasteiger partial charge in [-0.2, -0.15) is 5.10 Å². The first-order chi connectivity index (χ1) is 21.9. The lowest BCUT2D eigenvalue weighted by Crippen LogP contribution is -2.50. The highest BCUT2D eigenvalue weighted by Crippen LogP contribution is 2.20. The summed E-state index contributed by atoms with van der Waals surface area (Å²) in [6.45, 7) is 2.08. The summed E-state index contributed by atoms with van der Waals surface area (Å²) in [4.78, 5) is 47.2. The van der Waals surface area contributed by atoms with E-state index in [2.05, 4.69) is 15.0 Å². The van der Waals surface area contributed by atoms with Gasteiger partial charge in [0.05, 0.1) is 17.8 Å². The highest BCUT2D eigenvalue weighted by Gasteiger charge is 2.26. The zero-order valence-corrected chi connectivity index (χ0v) is 24.6. The number of carbonyl (C=O) groups is 2. The Hall–Kier alpha value is -5.77. The SMILES string of the molecule is O=C(C=C(O)c1cc(Cc2ccccc2)cn(Cc2ccccc2)c1=O)C(=O)N1CCN(c2ccc(-n3cncn3)cc2)CC1. The maximum Gasteiger partial charge on any atom is 0.294 e. The Morgan fingerprint density at radius 2 is 1.44 bits per heavy atom. The Kier molecular flexibility index (Phi) is 8.63. The van der Waals surface area contributed by atoms with Crippen LogP contribution in [-0.2, 0) is 22.6 Å². The number of nitrogens with zero attached hydrogens (tertiary/aromatic N) is 6. The fourth-order valence-corrected chi connectivity index (χ4v) is 5.45. The van der Waals surface area contributed by atoms with Crippen LogP contribution in [0.2, 0.25) is 0 Å². The number of aliphatic hydroxyl groups is 1. The molecule has 0 atom stereocenters. The number of carbonyl (C=O) groups excluding carboxylic acids is 2. The van der Waals surface area contributed by atoms with Crippen molar-refractivity contribution in [3.8, 4) is 5.69 Å². The lowest BCUT2D eigenvalue weighted by atomic mass is 10.0. The second-order valence-corrected chi connectivity index (χ2v) is 10.9. The second kappa shape index (κ2) is 13.3. The molecule has 3 heterocycles. The Morgan fingerprint density at radius 3 is 2.09 bits per heavy atom. The van der Waals surface area contributed by atoms with E-state index in [0.717, 1.165) is 34.1 Å². The Labute approximate surface area is 260 Å². The van der Waals surface area contributed by atoms with Crippen molar-refractivity contribution >= 4 is 23.1 Å². The third-order valence-electron chi connectivity index (χ3n) is 7.81. The van der Waals surface area contributed by atoms with Crippen LogP contribution in [-0.4, -0.2) is 67.2 Å². The topological polar surface area (TPSA) is 114 Å². The number of rotatable bonds is 9. The van der Waals surface area contributed by atoms with Crippen LogP contribution in [0.1, 0.15) is 22.3 Å². The van der Waals surface area contributed by atoms with Crippen LogP contribution in [0.4, 0.5) is 5.69 Å². The van der Waals surface area contributed by atoms with Gasteiger partial charge in [-0.25, -0.2) is 9.67 Å². The average Bonchev–Trinajstić information content (AvgIpc) is 3.62. The molecule has 1 aliphatic heterocycles. The smallest absolute Gasteiger partial charge is 0.294 e. The molecule has 1 N–H and O–H groups in total. The molecule has 0 saturated carbocycles. The number of anilines is 1. The van der Waals surface area contributed by atoms with Crippen molar-refractivity contribution < 1.29 is 14.7 Å². The molecule has 0 radical (unpaired) electrons. The van der Waals surface area contributed by atoms with E-state index in [1.54, 1.807) is 23.3 Å². The lowest BCUT2D eigenvalue weighted by Gasteiger charge is -2.35. The van der Waals surface area contributed by atoms with E-state index in [1.165, 1.54) is 15.8 Å². The zero-order valence-electron chi connectivity index (χ0n) is 24.6. The van der Waals surface area contributed by atoms with Crippen LogP contribution < -0.4 is 10.5 Å². The first kappa shape index (κ1) is 29.3. The van der Waals surface area contributed by atoms with Gasteiger partial charge in [-0.3, -0.25) is 14.4 Å². The normalized spacial score (nSPS) is 13.6. The maximum absolute atomic E-state index is 13.5. The van der Waals surface area contributed by atoms with Gasteiger partial charge in [0.25, 0.3) is 11.5 Å². The molecular formula is C35H32N6O4. The van der Waals surface area contributed by atoms with Crippen LogP contribution >= 0.6 is 0 Å². The Bertz CT molecular complexity index is 1860. The van der Waals surface area contributed by atoms with Crippen molar-refractivity contribution in [2.75, 3.05) is 31.1 Å². The third kappa shape index (κ3) is 6.91. The molecule has 1 fully saturated rings. The molecule has 226 valence electrons. The quantitative estimate of drug-likeness (QED) is 0.155. The molecule has 0 unspecified atom stereocenters. The van der Waals surface area contributed by atoms with Crippen molar-refractivity contribution in [3.63, 3.8) is 0 Å². The molecule has 0 bridgehead atoms. The fraction of sp³-hybridized carbons (Fsp3) is 0.171. The van der Waals surface area contributed by atoms with Crippen molar-refractivity contribution in [2.24, 2.45) is 0 Å². The van der Waals surface area contributed by atoms with Crippen molar-refractivity contribution in [1.82, 2.24) is 24.2 Å². The second-order valence-electron chi connectivity index (χ2n) is 10.9. The van der Waals surface area contributed by atoms with E-state index in [1.807, 2.05) is 84.9 Å². The molecule has 5 aromatic rings. The minimum absolute atomic E-state index is 0.0281. The molecule has 1 saturated heterocycles. The largest absolute Gasteiger partial charge is 0.507 e. The van der Waals surface area contributed by atoms with Gasteiger partial charge in [-0.05, 0) is 53.4 Å². The number of pyridine rings is 1. The van der Waals surface area contributed by atoms with Gasteiger partial charge >= 0.3 is 0 Å². The summed E-state index contributed by atoms with van der Waals surface area (Å²) in [5, 5.41) is 15.2. The van der Waals surface area contributed by atoms with E-state index < -0.39 is 23.0 Å². The van der Waals surface area contributed by atoms with Crippen LogP contribution in [0, 0.1) is 0 Å². The Balaban J connectivity index is 1.16. The van der Waals surface area contributed by atoms with Gasteiger partial charge in [-0.1, -0.05) is 60.7 Å². The molecule has 1 amide bonds. The number of hydrogen-bond donors (Lipinski definition) is 1. The van der Waals surface area contributed by atoms with Crippen molar-refractivity contribution in [1.29, 1.82) is 0 Å². The maximum atomic E-state index is 13.5. The monoisotopic (exact) mass is 600 g/mol. The number of hydrogen-bond acceptors (Lipinski definition) is 7.